The summed E-state index contributed by atoms with van der Waals surface area (Å²) in [6.07, 6.45) is 6.44. The van der Waals surface area contributed by atoms with Crippen molar-refractivity contribution in [2.45, 2.75) is 38.6 Å². The van der Waals surface area contributed by atoms with Gasteiger partial charge in [0.05, 0.1) is 18.1 Å². The first-order chi connectivity index (χ1) is 16.1. The largest absolute Gasteiger partial charge is 0.354 e. The number of carbonyl (C=O) groups excluding carboxylic acids is 1. The van der Waals surface area contributed by atoms with Crippen molar-refractivity contribution in [1.29, 1.82) is 5.26 Å². The lowest BCUT2D eigenvalue weighted by molar-refractivity contribution is -0.121. The summed E-state index contributed by atoms with van der Waals surface area (Å²) >= 11 is 0. The minimum Gasteiger partial charge on any atom is -0.354 e. The van der Waals surface area contributed by atoms with Crippen LogP contribution in [0.1, 0.15) is 36.6 Å². The standard InChI is InChI=1S/C25H27N7O/c1-2-4-20-15-23(31-25(29-20)30-21-6-3-5-19(13-21)16-26)32-12-9-22(17-32)28-24(33)14-18-7-10-27-11-8-18/h3,5-8,10-11,13,15,22H,2,4,9,12,14,17H2,1H3,(H,28,33)(H,29,30,31). The SMILES string of the molecule is CCCc1cc(N2CCC(NC(=O)Cc3ccncc3)C2)nc(Nc2cccc(C#N)c2)n1. The van der Waals surface area contributed by atoms with Gasteiger partial charge in [-0.1, -0.05) is 19.4 Å². The highest BCUT2D eigenvalue weighted by Gasteiger charge is 2.25. The molecule has 1 aliphatic rings. The molecule has 1 saturated heterocycles. The molecule has 1 unspecified atom stereocenters. The van der Waals surface area contributed by atoms with Crippen molar-refractivity contribution >= 4 is 23.4 Å². The number of carbonyl (C=O) groups is 1. The zero-order chi connectivity index (χ0) is 23.0. The molecule has 3 aromatic rings. The highest BCUT2D eigenvalue weighted by molar-refractivity contribution is 5.79. The fourth-order valence-corrected chi connectivity index (χ4v) is 3.93. The summed E-state index contributed by atoms with van der Waals surface area (Å²) in [4.78, 5) is 28.0. The second-order valence-electron chi connectivity index (χ2n) is 8.14. The Labute approximate surface area is 193 Å². The van der Waals surface area contributed by atoms with Gasteiger partial charge in [-0.25, -0.2) is 4.98 Å². The van der Waals surface area contributed by atoms with Crippen LogP contribution in [0.15, 0.2) is 54.9 Å². The van der Waals surface area contributed by atoms with Crippen LogP contribution in [0.5, 0.6) is 0 Å². The van der Waals surface area contributed by atoms with Gasteiger partial charge in [-0.2, -0.15) is 10.2 Å². The molecule has 0 saturated carbocycles. The van der Waals surface area contributed by atoms with E-state index in [1.807, 2.05) is 30.3 Å². The Bertz CT molecular complexity index is 1140. The van der Waals surface area contributed by atoms with E-state index in [0.29, 0.717) is 24.5 Å². The van der Waals surface area contributed by atoms with Crippen molar-refractivity contribution in [1.82, 2.24) is 20.3 Å². The van der Waals surface area contributed by atoms with Gasteiger partial charge in [-0.3, -0.25) is 9.78 Å². The van der Waals surface area contributed by atoms with Gasteiger partial charge in [0, 0.05) is 49.0 Å². The van der Waals surface area contributed by atoms with E-state index < -0.39 is 0 Å². The summed E-state index contributed by atoms with van der Waals surface area (Å²) in [5.74, 6) is 1.37. The van der Waals surface area contributed by atoms with Crippen LogP contribution in [0, 0.1) is 11.3 Å². The predicted molar refractivity (Wildman–Crippen MR) is 127 cm³/mol. The first-order valence-electron chi connectivity index (χ1n) is 11.2. The molecule has 1 fully saturated rings. The molecule has 1 atom stereocenters. The van der Waals surface area contributed by atoms with Crippen molar-refractivity contribution in [3.8, 4) is 6.07 Å². The molecule has 8 nitrogen and oxygen atoms in total. The van der Waals surface area contributed by atoms with Gasteiger partial charge in [0.15, 0.2) is 0 Å². The fourth-order valence-electron chi connectivity index (χ4n) is 3.93. The Balaban J connectivity index is 1.44. The third kappa shape index (κ3) is 6.04. The summed E-state index contributed by atoms with van der Waals surface area (Å²) in [6.45, 7) is 3.63. The van der Waals surface area contributed by atoms with E-state index in [1.165, 1.54) is 0 Å². The van der Waals surface area contributed by atoms with E-state index in [2.05, 4.69) is 38.5 Å². The van der Waals surface area contributed by atoms with Gasteiger partial charge in [-0.05, 0) is 48.7 Å². The number of anilines is 3. The summed E-state index contributed by atoms with van der Waals surface area (Å²) in [7, 11) is 0. The molecule has 0 radical (unpaired) electrons. The lowest BCUT2D eigenvalue weighted by Crippen LogP contribution is -2.38. The van der Waals surface area contributed by atoms with Crippen molar-refractivity contribution in [3.05, 3.63) is 71.7 Å². The number of benzene rings is 1. The molecule has 1 aliphatic heterocycles. The van der Waals surface area contributed by atoms with Crippen molar-refractivity contribution in [3.63, 3.8) is 0 Å². The molecule has 168 valence electrons. The topological polar surface area (TPSA) is 107 Å². The van der Waals surface area contributed by atoms with Crippen LogP contribution in [0.25, 0.3) is 0 Å². The third-order valence-electron chi connectivity index (χ3n) is 5.51. The first-order valence-corrected chi connectivity index (χ1v) is 11.2. The molecule has 1 aromatic carbocycles. The molecule has 8 heteroatoms. The summed E-state index contributed by atoms with van der Waals surface area (Å²) in [5.41, 5.74) is 3.27. The van der Waals surface area contributed by atoms with Crippen LogP contribution in [0.4, 0.5) is 17.5 Å². The average molecular weight is 442 g/mol. The lowest BCUT2D eigenvalue weighted by atomic mass is 10.2. The van der Waals surface area contributed by atoms with Crippen LogP contribution in [0.2, 0.25) is 0 Å². The number of rotatable bonds is 8. The van der Waals surface area contributed by atoms with E-state index >= 15 is 0 Å². The van der Waals surface area contributed by atoms with E-state index in [1.54, 1.807) is 24.5 Å². The van der Waals surface area contributed by atoms with Crippen LogP contribution in [-0.4, -0.2) is 40.0 Å². The van der Waals surface area contributed by atoms with Crippen molar-refractivity contribution in [2.75, 3.05) is 23.3 Å². The second-order valence-corrected chi connectivity index (χ2v) is 8.14. The molecular weight excluding hydrogens is 414 g/mol. The van der Waals surface area contributed by atoms with Gasteiger partial charge in [0.1, 0.15) is 5.82 Å². The van der Waals surface area contributed by atoms with Crippen LogP contribution < -0.4 is 15.5 Å². The zero-order valence-electron chi connectivity index (χ0n) is 18.7. The average Bonchev–Trinajstić information content (AvgIpc) is 3.28. The maximum absolute atomic E-state index is 12.5. The number of hydrogen-bond donors (Lipinski definition) is 2. The van der Waals surface area contributed by atoms with Crippen molar-refractivity contribution < 1.29 is 4.79 Å². The molecule has 4 rings (SSSR count). The maximum Gasteiger partial charge on any atom is 0.229 e. The number of amides is 1. The van der Waals surface area contributed by atoms with Gasteiger partial charge in [0.25, 0.3) is 0 Å². The molecule has 3 heterocycles. The number of aryl methyl sites for hydroxylation is 1. The number of nitrogens with zero attached hydrogens (tertiary/aromatic N) is 5. The summed E-state index contributed by atoms with van der Waals surface area (Å²) in [6, 6.07) is 15.2. The number of aromatic nitrogens is 3. The molecule has 1 amide bonds. The van der Waals surface area contributed by atoms with Gasteiger partial charge < -0.3 is 15.5 Å². The Hall–Kier alpha value is -3.99. The summed E-state index contributed by atoms with van der Waals surface area (Å²) < 4.78 is 0. The Morgan fingerprint density at radius 3 is 2.85 bits per heavy atom. The Morgan fingerprint density at radius 2 is 2.06 bits per heavy atom. The molecule has 33 heavy (non-hydrogen) atoms. The predicted octanol–water partition coefficient (Wildman–Crippen LogP) is 3.38. The lowest BCUT2D eigenvalue weighted by Gasteiger charge is -2.20. The highest BCUT2D eigenvalue weighted by atomic mass is 16.1. The molecule has 2 aromatic heterocycles. The van der Waals surface area contributed by atoms with E-state index in [-0.39, 0.29) is 11.9 Å². The molecule has 0 spiro atoms. The minimum absolute atomic E-state index is 0.0159. The molecular formula is C25H27N7O. The highest BCUT2D eigenvalue weighted by Crippen LogP contribution is 2.23. The number of hydrogen-bond acceptors (Lipinski definition) is 7. The van der Waals surface area contributed by atoms with E-state index in [4.69, 9.17) is 10.2 Å². The van der Waals surface area contributed by atoms with E-state index in [9.17, 15) is 4.79 Å². The van der Waals surface area contributed by atoms with Crippen molar-refractivity contribution in [2.24, 2.45) is 0 Å². The monoisotopic (exact) mass is 441 g/mol. The third-order valence-corrected chi connectivity index (χ3v) is 5.51. The van der Waals surface area contributed by atoms with E-state index in [0.717, 1.165) is 48.6 Å². The number of nitriles is 1. The van der Waals surface area contributed by atoms with Gasteiger partial charge >= 0.3 is 0 Å². The number of nitrogens with one attached hydrogen (secondary N) is 2. The Kier molecular flexibility index (Phi) is 7.10. The van der Waals surface area contributed by atoms with Gasteiger partial charge in [0.2, 0.25) is 11.9 Å². The fraction of sp³-hybridized carbons (Fsp3) is 0.320. The molecule has 2 N–H and O–H groups in total. The quantitative estimate of drug-likeness (QED) is 0.552. The van der Waals surface area contributed by atoms with Gasteiger partial charge in [-0.15, -0.1) is 0 Å². The molecule has 0 aliphatic carbocycles. The zero-order valence-corrected chi connectivity index (χ0v) is 18.7. The minimum atomic E-state index is 0.0159. The normalized spacial score (nSPS) is 15.2. The maximum atomic E-state index is 12.5. The smallest absolute Gasteiger partial charge is 0.229 e. The summed E-state index contributed by atoms with van der Waals surface area (Å²) in [5, 5.41) is 15.5. The first kappa shape index (κ1) is 22.2. The Morgan fingerprint density at radius 1 is 1.21 bits per heavy atom. The van der Waals surface area contributed by atoms with Crippen LogP contribution in [0.3, 0.4) is 0 Å². The van der Waals surface area contributed by atoms with Crippen LogP contribution in [-0.2, 0) is 17.6 Å². The van der Waals surface area contributed by atoms with Crippen LogP contribution >= 0.6 is 0 Å². The second kappa shape index (κ2) is 10.6. The molecule has 0 bridgehead atoms. The number of pyridine rings is 1.